The highest BCUT2D eigenvalue weighted by Crippen LogP contribution is 2.28. The molecule has 6 rings (SSSR count). The molecular weight excluding hydrogens is 503 g/mol. The Morgan fingerprint density at radius 3 is 1.43 bits per heavy atom. The summed E-state index contributed by atoms with van der Waals surface area (Å²) < 4.78 is 0. The second-order valence-electron chi connectivity index (χ2n) is 10.1. The van der Waals surface area contributed by atoms with Crippen molar-refractivity contribution in [1.82, 2.24) is 9.80 Å². The zero-order valence-corrected chi connectivity index (χ0v) is 22.6. The summed E-state index contributed by atoms with van der Waals surface area (Å²) >= 11 is 12.4. The van der Waals surface area contributed by atoms with Crippen LogP contribution in [0, 0.1) is 0 Å². The molecule has 2 saturated heterocycles. The summed E-state index contributed by atoms with van der Waals surface area (Å²) in [5, 5.41) is 4.02. The Morgan fingerprint density at radius 2 is 1.00 bits per heavy atom. The van der Waals surface area contributed by atoms with Gasteiger partial charge in [-0.25, -0.2) is 9.97 Å². The van der Waals surface area contributed by atoms with E-state index in [1.54, 1.807) is 0 Å². The molecule has 0 spiro atoms. The van der Waals surface area contributed by atoms with Gasteiger partial charge in [0.2, 0.25) is 11.0 Å². The van der Waals surface area contributed by atoms with Gasteiger partial charge in [0.05, 0.1) is 22.1 Å². The summed E-state index contributed by atoms with van der Waals surface area (Å²) in [6.45, 7) is 11.1. The van der Waals surface area contributed by atoms with Crippen molar-refractivity contribution >= 4 is 56.4 Å². The lowest BCUT2D eigenvalue weighted by Gasteiger charge is -2.38. The van der Waals surface area contributed by atoms with Gasteiger partial charge >= 0.3 is 0 Å². The number of hydrogen-bond donors (Lipinski definition) is 0. The van der Waals surface area contributed by atoms with Crippen molar-refractivity contribution in [3.05, 3.63) is 71.0 Å². The number of halogens is 2. The number of anilines is 2. The van der Waals surface area contributed by atoms with Crippen LogP contribution in [0.4, 0.5) is 11.4 Å². The fourth-order valence-electron chi connectivity index (χ4n) is 5.81. The van der Waals surface area contributed by atoms with E-state index >= 15 is 0 Å². The van der Waals surface area contributed by atoms with Crippen LogP contribution in [0.2, 0.25) is 10.0 Å². The minimum atomic E-state index is 0.768. The van der Waals surface area contributed by atoms with Gasteiger partial charge < -0.3 is 9.80 Å². The van der Waals surface area contributed by atoms with E-state index in [1.807, 2.05) is 36.7 Å². The van der Waals surface area contributed by atoms with E-state index in [4.69, 9.17) is 23.2 Å². The normalized spacial score (nSPS) is 17.7. The first-order chi connectivity index (χ1) is 18.1. The van der Waals surface area contributed by atoms with E-state index in [2.05, 4.69) is 53.8 Å². The zero-order valence-electron chi connectivity index (χ0n) is 21.1. The molecule has 0 unspecified atom stereocenters. The topological polar surface area (TPSA) is 41.2 Å². The summed E-state index contributed by atoms with van der Waals surface area (Å²) in [5.74, 6) is 0. The highest BCUT2D eigenvalue weighted by molar-refractivity contribution is 6.31. The molecule has 6 nitrogen and oxygen atoms in total. The van der Waals surface area contributed by atoms with Crippen molar-refractivity contribution in [2.45, 2.75) is 6.42 Å². The number of hydrogen-bond acceptors (Lipinski definition) is 4. The van der Waals surface area contributed by atoms with Crippen LogP contribution < -0.4 is 19.8 Å². The number of benzene rings is 2. The Kier molecular flexibility index (Phi) is 7.34. The van der Waals surface area contributed by atoms with Crippen LogP contribution in [-0.4, -0.2) is 75.2 Å². The van der Waals surface area contributed by atoms with Crippen LogP contribution in [0.3, 0.4) is 0 Å². The molecule has 0 saturated carbocycles. The molecule has 0 bridgehead atoms. The Hall–Kier alpha value is -2.64. The summed E-state index contributed by atoms with van der Waals surface area (Å²) in [5.41, 5.74) is 4.79. The Morgan fingerprint density at radius 1 is 0.568 bits per heavy atom. The lowest BCUT2D eigenvalue weighted by atomic mass is 10.1. The molecule has 2 aromatic heterocycles. The molecule has 2 aliphatic heterocycles. The summed E-state index contributed by atoms with van der Waals surface area (Å²) in [4.78, 5) is 16.9. The Balaban J connectivity index is 0.965. The highest BCUT2D eigenvalue weighted by Gasteiger charge is 2.22. The zero-order chi connectivity index (χ0) is 25.2. The molecule has 2 aliphatic rings. The van der Waals surface area contributed by atoms with Crippen molar-refractivity contribution in [3.63, 3.8) is 0 Å². The van der Waals surface area contributed by atoms with Crippen LogP contribution in [0.5, 0.6) is 0 Å². The number of aromatic nitrogens is 2. The lowest BCUT2D eigenvalue weighted by Crippen LogP contribution is -2.49. The molecule has 0 amide bonds. The number of rotatable bonds is 6. The molecular formula is C29H34Cl2N6+2. The molecule has 2 fully saturated rings. The molecule has 4 heterocycles. The second kappa shape index (κ2) is 11.0. The van der Waals surface area contributed by atoms with E-state index in [-0.39, 0.29) is 0 Å². The van der Waals surface area contributed by atoms with Gasteiger partial charge in [-0.2, -0.15) is 0 Å². The Labute approximate surface area is 228 Å². The summed E-state index contributed by atoms with van der Waals surface area (Å²) in [7, 11) is 0. The van der Waals surface area contributed by atoms with Gasteiger partial charge in [0.1, 0.15) is 0 Å². The number of fused-ring (bicyclic) bond motifs is 2. The maximum absolute atomic E-state index is 6.19. The number of piperazine rings is 2. The Bertz CT molecular complexity index is 1270. The van der Waals surface area contributed by atoms with Crippen LogP contribution in [0.1, 0.15) is 6.42 Å². The minimum Gasteiger partial charge on any atom is -0.368 e. The molecule has 0 aliphatic carbocycles. The maximum Gasteiger partial charge on any atom is 0.214 e. The van der Waals surface area contributed by atoms with E-state index in [0.29, 0.717) is 0 Å². The third kappa shape index (κ3) is 5.48. The van der Waals surface area contributed by atoms with E-state index in [9.17, 15) is 0 Å². The van der Waals surface area contributed by atoms with Gasteiger partial charge in [0, 0.05) is 86.7 Å². The van der Waals surface area contributed by atoms with Gasteiger partial charge in [-0.05, 0) is 43.8 Å². The van der Waals surface area contributed by atoms with Crippen molar-refractivity contribution in [2.75, 3.05) is 75.2 Å². The predicted octanol–water partition coefficient (Wildman–Crippen LogP) is 4.26. The fourth-order valence-corrected chi connectivity index (χ4v) is 6.16. The van der Waals surface area contributed by atoms with Gasteiger partial charge in [-0.1, -0.05) is 23.2 Å². The third-order valence-corrected chi connectivity index (χ3v) is 8.32. The van der Waals surface area contributed by atoms with Crippen molar-refractivity contribution in [2.24, 2.45) is 0 Å². The molecule has 0 radical (unpaired) electrons. The predicted molar refractivity (Wildman–Crippen MR) is 153 cm³/mol. The average Bonchev–Trinajstić information content (AvgIpc) is 2.93. The smallest absolute Gasteiger partial charge is 0.214 e. The monoisotopic (exact) mass is 536 g/mol. The van der Waals surface area contributed by atoms with E-state index in [0.717, 1.165) is 73.4 Å². The van der Waals surface area contributed by atoms with E-state index < -0.39 is 0 Å². The summed E-state index contributed by atoms with van der Waals surface area (Å²) in [6.07, 6.45) is 5.27. The SMILES string of the molecule is Clc1ccc2c(N3CCN(CCCN4CCN(c5cc[nH+]c6cc(Cl)ccc56)CC4)CC3)cc[nH+]c2c1. The van der Waals surface area contributed by atoms with Crippen LogP contribution in [-0.2, 0) is 0 Å². The molecule has 2 N–H and O–H groups in total. The van der Waals surface area contributed by atoms with Crippen molar-refractivity contribution in [1.29, 1.82) is 0 Å². The lowest BCUT2D eigenvalue weighted by molar-refractivity contribution is -0.344. The number of nitrogens with zero attached hydrogens (tertiary/aromatic N) is 4. The van der Waals surface area contributed by atoms with Crippen LogP contribution in [0.15, 0.2) is 60.9 Å². The first-order valence-electron chi connectivity index (χ1n) is 13.3. The fraction of sp³-hybridized carbons (Fsp3) is 0.379. The molecule has 192 valence electrons. The van der Waals surface area contributed by atoms with Gasteiger partial charge in [0.15, 0.2) is 12.4 Å². The van der Waals surface area contributed by atoms with Crippen molar-refractivity contribution in [3.8, 4) is 0 Å². The number of H-pyrrole nitrogens is 2. The molecule has 8 heteroatoms. The first kappa shape index (κ1) is 24.7. The first-order valence-corrected chi connectivity index (χ1v) is 14.0. The maximum atomic E-state index is 6.19. The van der Waals surface area contributed by atoms with Gasteiger partial charge in [0.25, 0.3) is 0 Å². The molecule has 0 atom stereocenters. The van der Waals surface area contributed by atoms with Crippen molar-refractivity contribution < 1.29 is 9.97 Å². The molecule has 37 heavy (non-hydrogen) atoms. The summed E-state index contributed by atoms with van der Waals surface area (Å²) in [6, 6.07) is 16.6. The second-order valence-corrected chi connectivity index (χ2v) is 11.0. The standard InChI is InChI=1S/C29H32Cl2N6/c30-22-2-4-24-26(20-22)32-8-6-28(24)36-16-12-34(13-17-36)10-1-11-35-14-18-37(19-15-35)29-7-9-33-27-21-23(31)3-5-25(27)29/h2-9,20-21H,1,10-19H2/p+2. The van der Waals surface area contributed by atoms with Gasteiger partial charge in [-0.15, -0.1) is 0 Å². The van der Waals surface area contributed by atoms with Gasteiger partial charge in [-0.3, -0.25) is 9.80 Å². The largest absolute Gasteiger partial charge is 0.368 e. The van der Waals surface area contributed by atoms with E-state index in [1.165, 1.54) is 41.7 Å². The minimum absolute atomic E-state index is 0.768. The third-order valence-electron chi connectivity index (χ3n) is 7.85. The average molecular weight is 538 g/mol. The highest BCUT2D eigenvalue weighted by atomic mass is 35.5. The quantitative estimate of drug-likeness (QED) is 0.369. The molecule has 2 aromatic carbocycles. The number of pyridine rings is 2. The number of nitrogens with one attached hydrogen (secondary N) is 2. The molecule has 4 aromatic rings. The van der Waals surface area contributed by atoms with Crippen LogP contribution >= 0.6 is 23.2 Å². The van der Waals surface area contributed by atoms with Crippen LogP contribution in [0.25, 0.3) is 21.8 Å². The number of aromatic amines is 2.